The standard InChI is InChI=1S/C15H17N/c1-3-13(4-2)16-15-11-7-9-12-8-5-6-10-14(12)15/h5-11H,3-4H2,1-2H3. The Hall–Kier alpha value is -1.63. The van der Waals surface area contributed by atoms with Crippen molar-refractivity contribution in [3.05, 3.63) is 42.5 Å². The first-order chi connectivity index (χ1) is 7.85. The van der Waals surface area contributed by atoms with E-state index in [1.54, 1.807) is 0 Å². The molecule has 0 aliphatic carbocycles. The molecule has 0 unspecified atom stereocenters. The Balaban J connectivity index is 2.56. The van der Waals surface area contributed by atoms with Crippen LogP contribution in [0, 0.1) is 0 Å². The lowest BCUT2D eigenvalue weighted by Crippen LogP contribution is -1.91. The number of nitrogens with zero attached hydrogens (tertiary/aromatic N) is 1. The predicted molar refractivity (Wildman–Crippen MR) is 71.6 cm³/mol. The molecule has 16 heavy (non-hydrogen) atoms. The Morgan fingerprint density at radius 1 is 0.938 bits per heavy atom. The van der Waals surface area contributed by atoms with Gasteiger partial charge in [-0.05, 0) is 24.3 Å². The Bertz CT molecular complexity index is 500. The molecule has 0 aliphatic rings. The summed E-state index contributed by atoms with van der Waals surface area (Å²) in [5.41, 5.74) is 2.35. The molecule has 0 bridgehead atoms. The van der Waals surface area contributed by atoms with Crippen molar-refractivity contribution >= 4 is 22.2 Å². The van der Waals surface area contributed by atoms with E-state index in [2.05, 4.69) is 56.3 Å². The number of hydrogen-bond acceptors (Lipinski definition) is 1. The van der Waals surface area contributed by atoms with Gasteiger partial charge in [-0.15, -0.1) is 0 Å². The van der Waals surface area contributed by atoms with Crippen LogP contribution in [-0.4, -0.2) is 5.71 Å². The van der Waals surface area contributed by atoms with Crippen LogP contribution in [0.1, 0.15) is 26.7 Å². The van der Waals surface area contributed by atoms with E-state index in [0.29, 0.717) is 0 Å². The maximum atomic E-state index is 4.74. The molecule has 82 valence electrons. The van der Waals surface area contributed by atoms with E-state index in [-0.39, 0.29) is 0 Å². The predicted octanol–water partition coefficient (Wildman–Crippen LogP) is 4.73. The molecule has 0 aromatic heterocycles. The molecule has 2 aromatic rings. The van der Waals surface area contributed by atoms with E-state index >= 15 is 0 Å². The number of rotatable bonds is 3. The molecule has 0 saturated carbocycles. The van der Waals surface area contributed by atoms with Gasteiger partial charge in [-0.25, -0.2) is 0 Å². The average Bonchev–Trinajstić information content (AvgIpc) is 2.36. The molecule has 0 saturated heterocycles. The highest BCUT2D eigenvalue weighted by molar-refractivity contribution is 5.96. The lowest BCUT2D eigenvalue weighted by Gasteiger charge is -2.04. The first kappa shape index (κ1) is 10.9. The number of hydrogen-bond donors (Lipinski definition) is 0. The third-order valence-corrected chi connectivity index (χ3v) is 2.86. The van der Waals surface area contributed by atoms with Crippen molar-refractivity contribution in [1.29, 1.82) is 0 Å². The maximum absolute atomic E-state index is 4.74. The summed E-state index contributed by atoms with van der Waals surface area (Å²) in [5.74, 6) is 0. The fourth-order valence-corrected chi connectivity index (χ4v) is 1.88. The highest BCUT2D eigenvalue weighted by Crippen LogP contribution is 2.26. The molecular weight excluding hydrogens is 194 g/mol. The molecular formula is C15H17N. The summed E-state index contributed by atoms with van der Waals surface area (Å²) in [5, 5.41) is 2.50. The number of aliphatic imine (C=N–C) groups is 1. The Morgan fingerprint density at radius 3 is 2.38 bits per heavy atom. The van der Waals surface area contributed by atoms with Crippen LogP contribution in [0.3, 0.4) is 0 Å². The minimum Gasteiger partial charge on any atom is -0.257 e. The third kappa shape index (κ3) is 2.13. The molecule has 0 aliphatic heterocycles. The van der Waals surface area contributed by atoms with Gasteiger partial charge < -0.3 is 0 Å². The van der Waals surface area contributed by atoms with Crippen molar-refractivity contribution in [2.24, 2.45) is 4.99 Å². The monoisotopic (exact) mass is 211 g/mol. The topological polar surface area (TPSA) is 12.4 Å². The minimum absolute atomic E-state index is 1.03. The summed E-state index contributed by atoms with van der Waals surface area (Å²) in [6.07, 6.45) is 2.06. The van der Waals surface area contributed by atoms with E-state index in [1.807, 2.05) is 0 Å². The highest BCUT2D eigenvalue weighted by Gasteiger charge is 1.99. The van der Waals surface area contributed by atoms with Crippen molar-refractivity contribution < 1.29 is 0 Å². The summed E-state index contributed by atoms with van der Waals surface area (Å²) < 4.78 is 0. The number of fused-ring (bicyclic) bond motifs is 1. The first-order valence-electron chi connectivity index (χ1n) is 5.89. The molecule has 1 nitrogen and oxygen atoms in total. The van der Waals surface area contributed by atoms with Gasteiger partial charge in [0, 0.05) is 11.1 Å². The molecule has 0 amide bonds. The Labute approximate surface area is 96.8 Å². The molecule has 2 aromatic carbocycles. The van der Waals surface area contributed by atoms with Crippen molar-refractivity contribution in [3.63, 3.8) is 0 Å². The number of benzene rings is 2. The van der Waals surface area contributed by atoms with Gasteiger partial charge in [-0.1, -0.05) is 50.2 Å². The zero-order valence-corrected chi connectivity index (χ0v) is 9.90. The van der Waals surface area contributed by atoms with Crippen LogP contribution >= 0.6 is 0 Å². The van der Waals surface area contributed by atoms with Gasteiger partial charge >= 0.3 is 0 Å². The van der Waals surface area contributed by atoms with Gasteiger partial charge in [0.25, 0.3) is 0 Å². The van der Waals surface area contributed by atoms with Crippen LogP contribution in [0.4, 0.5) is 5.69 Å². The van der Waals surface area contributed by atoms with Crippen molar-refractivity contribution in [1.82, 2.24) is 0 Å². The zero-order chi connectivity index (χ0) is 11.4. The van der Waals surface area contributed by atoms with Gasteiger partial charge in [-0.2, -0.15) is 0 Å². The summed E-state index contributed by atoms with van der Waals surface area (Å²) in [6.45, 7) is 4.32. The summed E-state index contributed by atoms with van der Waals surface area (Å²) in [7, 11) is 0. The second-order valence-electron chi connectivity index (χ2n) is 3.88. The Morgan fingerprint density at radius 2 is 1.62 bits per heavy atom. The summed E-state index contributed by atoms with van der Waals surface area (Å²) >= 11 is 0. The van der Waals surface area contributed by atoms with Crippen molar-refractivity contribution in [2.45, 2.75) is 26.7 Å². The SMILES string of the molecule is CCC(CC)=Nc1cccc2ccccc12. The van der Waals surface area contributed by atoms with Crippen LogP contribution in [-0.2, 0) is 0 Å². The quantitative estimate of drug-likeness (QED) is 0.651. The van der Waals surface area contributed by atoms with E-state index in [4.69, 9.17) is 4.99 Å². The fourth-order valence-electron chi connectivity index (χ4n) is 1.88. The third-order valence-electron chi connectivity index (χ3n) is 2.86. The minimum atomic E-state index is 1.03. The molecule has 0 atom stereocenters. The van der Waals surface area contributed by atoms with E-state index in [9.17, 15) is 0 Å². The fraction of sp³-hybridized carbons (Fsp3) is 0.267. The van der Waals surface area contributed by atoms with Gasteiger partial charge in [0.1, 0.15) is 0 Å². The van der Waals surface area contributed by atoms with Crippen LogP contribution in [0.5, 0.6) is 0 Å². The first-order valence-corrected chi connectivity index (χ1v) is 5.89. The van der Waals surface area contributed by atoms with E-state index in [0.717, 1.165) is 18.5 Å². The second-order valence-corrected chi connectivity index (χ2v) is 3.88. The lowest BCUT2D eigenvalue weighted by atomic mass is 10.1. The van der Waals surface area contributed by atoms with Gasteiger partial charge in [0.2, 0.25) is 0 Å². The molecule has 0 fully saturated rings. The lowest BCUT2D eigenvalue weighted by molar-refractivity contribution is 1.15. The summed E-state index contributed by atoms with van der Waals surface area (Å²) in [6, 6.07) is 14.7. The van der Waals surface area contributed by atoms with Gasteiger partial charge in [0.05, 0.1) is 5.69 Å². The van der Waals surface area contributed by atoms with Crippen LogP contribution in [0.2, 0.25) is 0 Å². The molecule has 1 heteroatoms. The molecule has 2 rings (SSSR count). The molecule has 0 radical (unpaired) electrons. The van der Waals surface area contributed by atoms with E-state index in [1.165, 1.54) is 16.5 Å². The zero-order valence-electron chi connectivity index (χ0n) is 9.90. The van der Waals surface area contributed by atoms with Gasteiger partial charge in [0.15, 0.2) is 0 Å². The molecule has 0 N–H and O–H groups in total. The molecule has 0 spiro atoms. The highest BCUT2D eigenvalue weighted by atomic mass is 14.7. The van der Waals surface area contributed by atoms with Crippen molar-refractivity contribution in [3.8, 4) is 0 Å². The summed E-state index contributed by atoms with van der Waals surface area (Å²) in [4.78, 5) is 4.74. The second kappa shape index (κ2) is 4.93. The average molecular weight is 211 g/mol. The van der Waals surface area contributed by atoms with Crippen molar-refractivity contribution in [2.75, 3.05) is 0 Å². The van der Waals surface area contributed by atoms with Crippen LogP contribution in [0.25, 0.3) is 10.8 Å². The van der Waals surface area contributed by atoms with Crippen LogP contribution < -0.4 is 0 Å². The maximum Gasteiger partial charge on any atom is 0.0707 e. The smallest absolute Gasteiger partial charge is 0.0707 e. The van der Waals surface area contributed by atoms with Gasteiger partial charge in [-0.3, -0.25) is 4.99 Å². The molecule has 0 heterocycles. The normalized spacial score (nSPS) is 10.4. The van der Waals surface area contributed by atoms with E-state index < -0.39 is 0 Å². The largest absolute Gasteiger partial charge is 0.257 e. The van der Waals surface area contributed by atoms with Crippen LogP contribution in [0.15, 0.2) is 47.5 Å². The Kier molecular flexibility index (Phi) is 3.35.